The zero-order valence-corrected chi connectivity index (χ0v) is 33.1. The molecule has 0 amide bonds. The molecule has 0 saturated carbocycles. The zero-order chi connectivity index (χ0) is 39.4. The van der Waals surface area contributed by atoms with E-state index in [2.05, 4.69) is 19.9 Å². The van der Waals surface area contributed by atoms with E-state index in [-0.39, 0.29) is 48.8 Å². The Morgan fingerprint density at radius 2 is 1.50 bits per heavy atom. The summed E-state index contributed by atoms with van der Waals surface area (Å²) >= 11 is 0. The van der Waals surface area contributed by atoms with Gasteiger partial charge in [-0.15, -0.1) is 0 Å². The van der Waals surface area contributed by atoms with Crippen molar-refractivity contribution >= 4 is 11.9 Å². The molecule has 9 nitrogen and oxygen atoms in total. The second kappa shape index (κ2) is 25.0. The second-order valence-corrected chi connectivity index (χ2v) is 15.1. The van der Waals surface area contributed by atoms with E-state index in [0.29, 0.717) is 25.7 Å². The Kier molecular flexibility index (Phi) is 22.6. The van der Waals surface area contributed by atoms with E-state index in [1.54, 1.807) is 26.0 Å². The van der Waals surface area contributed by atoms with Crippen LogP contribution in [-0.2, 0) is 19.1 Å². The Morgan fingerprint density at radius 1 is 0.865 bits per heavy atom. The molecule has 5 N–H and O–H groups in total. The minimum absolute atomic E-state index is 0.0633. The number of hydrogen-bond donors (Lipinski definition) is 5. The summed E-state index contributed by atoms with van der Waals surface area (Å²) in [6, 6.07) is 0. The Labute approximate surface area is 313 Å². The van der Waals surface area contributed by atoms with Gasteiger partial charge in [0.05, 0.1) is 30.5 Å². The lowest BCUT2D eigenvalue weighted by Crippen LogP contribution is -2.27. The van der Waals surface area contributed by atoms with Gasteiger partial charge in [-0.25, -0.2) is 4.79 Å². The Balaban J connectivity index is 2.79. The zero-order valence-electron chi connectivity index (χ0n) is 33.1. The summed E-state index contributed by atoms with van der Waals surface area (Å²) in [7, 11) is 0. The lowest BCUT2D eigenvalue weighted by molar-refractivity contribution is -0.151. The van der Waals surface area contributed by atoms with Crippen LogP contribution in [0.5, 0.6) is 0 Å². The molecule has 0 unspecified atom stereocenters. The number of allylic oxidation sites excluding steroid dienone is 10. The molecule has 0 aromatic heterocycles. The third-order valence-electron chi connectivity index (χ3n) is 9.18. The Morgan fingerprint density at radius 3 is 2.15 bits per heavy atom. The standard InChI is InChI=1S/C43H68O9/c1-28(14-12-15-29(2)25-38(47)39(48)27-36(9)45)22-30(3)20-21-43(50)51-40-18-13-19-42(49)52-41(17-11-10-16-32(40)5)34(7)24-31(4)23-33(6)37(46)26-35(8)44/h10-12,14-15,20-23,25,32-41,44-48H,13,16-19,24,26-27H2,1-9H3/b11-10+,15-12+,21-20+,28-14?,29-25+,30-22?,31-23+/t32-,33+,34-,35+,36+,37+,38+,39+,40-,41+/m0/s1. The van der Waals surface area contributed by atoms with E-state index >= 15 is 0 Å². The van der Waals surface area contributed by atoms with Crippen molar-refractivity contribution in [3.05, 3.63) is 83.1 Å². The number of rotatable bonds is 17. The van der Waals surface area contributed by atoms with Gasteiger partial charge in [0, 0.05) is 31.3 Å². The number of aliphatic hydroxyl groups excluding tert-OH is 5. The number of hydrogen-bond acceptors (Lipinski definition) is 9. The molecular weight excluding hydrogens is 660 g/mol. The van der Waals surface area contributed by atoms with Crippen LogP contribution in [0, 0.1) is 17.8 Å². The molecule has 9 heteroatoms. The molecule has 294 valence electrons. The van der Waals surface area contributed by atoms with Gasteiger partial charge in [-0.3, -0.25) is 4.79 Å². The van der Waals surface area contributed by atoms with Gasteiger partial charge in [-0.2, -0.15) is 0 Å². The summed E-state index contributed by atoms with van der Waals surface area (Å²) in [6.07, 6.45) is 17.5. The summed E-state index contributed by atoms with van der Waals surface area (Å²) in [5.74, 6) is -0.652. The van der Waals surface area contributed by atoms with Crippen molar-refractivity contribution in [2.75, 3.05) is 0 Å². The summed E-state index contributed by atoms with van der Waals surface area (Å²) in [6.45, 7) is 17.0. The fraction of sp³-hybridized carbons (Fsp3) is 0.628. The molecular formula is C43H68O9. The molecule has 1 rings (SSSR count). The third-order valence-corrected chi connectivity index (χ3v) is 9.18. The predicted octanol–water partition coefficient (Wildman–Crippen LogP) is 7.15. The summed E-state index contributed by atoms with van der Waals surface area (Å²) in [4.78, 5) is 25.7. The van der Waals surface area contributed by atoms with Crippen molar-refractivity contribution in [1.82, 2.24) is 0 Å². The Bertz CT molecular complexity index is 1300. The first-order valence-electron chi connectivity index (χ1n) is 18.9. The average Bonchev–Trinajstić information content (AvgIpc) is 3.03. The van der Waals surface area contributed by atoms with Gasteiger partial charge in [0.25, 0.3) is 0 Å². The van der Waals surface area contributed by atoms with Crippen LogP contribution in [0.15, 0.2) is 83.1 Å². The molecule has 52 heavy (non-hydrogen) atoms. The molecule has 1 aliphatic rings. The van der Waals surface area contributed by atoms with Crippen molar-refractivity contribution in [3.63, 3.8) is 0 Å². The van der Waals surface area contributed by atoms with Crippen LogP contribution >= 0.6 is 0 Å². The summed E-state index contributed by atoms with van der Waals surface area (Å²) < 4.78 is 11.8. The van der Waals surface area contributed by atoms with Gasteiger partial charge in [0.15, 0.2) is 0 Å². The van der Waals surface area contributed by atoms with Crippen molar-refractivity contribution in [2.24, 2.45) is 17.8 Å². The fourth-order valence-electron chi connectivity index (χ4n) is 6.18. The number of carbonyl (C=O) groups is 2. The van der Waals surface area contributed by atoms with Gasteiger partial charge in [-0.05, 0) is 85.5 Å². The summed E-state index contributed by atoms with van der Waals surface area (Å²) in [5.41, 5.74) is 3.68. The van der Waals surface area contributed by atoms with E-state index in [1.807, 2.05) is 71.1 Å². The van der Waals surface area contributed by atoms with Gasteiger partial charge in [0.1, 0.15) is 12.2 Å². The van der Waals surface area contributed by atoms with Crippen LogP contribution in [0.4, 0.5) is 0 Å². The Hall–Kier alpha value is -3.08. The molecule has 0 aromatic rings. The molecule has 0 radical (unpaired) electrons. The number of aliphatic hydroxyl groups is 5. The molecule has 0 aromatic carbocycles. The van der Waals surface area contributed by atoms with E-state index in [1.165, 1.54) is 6.08 Å². The van der Waals surface area contributed by atoms with E-state index in [9.17, 15) is 35.1 Å². The van der Waals surface area contributed by atoms with Gasteiger partial charge < -0.3 is 35.0 Å². The van der Waals surface area contributed by atoms with E-state index in [4.69, 9.17) is 9.47 Å². The SMILES string of the molecule is CC(=C/C=C/C(C)=C/[C@@H](O)[C@H](O)C[C@@H](C)O)C=C(C)/C=C/C(=O)O[C@H]1CCCC(=O)O[C@@H]([C@@H](C)C/C(C)=C/[C@@H](C)[C@H](O)C[C@@H](C)O)C/C=C/C[C@@H]1C. The lowest BCUT2D eigenvalue weighted by atomic mass is 9.90. The number of cyclic esters (lactones) is 1. The largest absolute Gasteiger partial charge is 0.462 e. The minimum Gasteiger partial charge on any atom is -0.462 e. The topological polar surface area (TPSA) is 154 Å². The smallest absolute Gasteiger partial charge is 0.331 e. The van der Waals surface area contributed by atoms with Crippen LogP contribution < -0.4 is 0 Å². The number of carbonyl (C=O) groups excluding carboxylic acids is 2. The van der Waals surface area contributed by atoms with Crippen LogP contribution in [0.1, 0.15) is 114 Å². The first-order chi connectivity index (χ1) is 24.4. The van der Waals surface area contributed by atoms with E-state index < -0.39 is 36.5 Å². The van der Waals surface area contributed by atoms with Crippen molar-refractivity contribution in [1.29, 1.82) is 0 Å². The van der Waals surface area contributed by atoms with Crippen molar-refractivity contribution < 1.29 is 44.6 Å². The minimum atomic E-state index is -1.07. The van der Waals surface area contributed by atoms with Crippen LogP contribution in [0.2, 0.25) is 0 Å². The molecule has 1 aliphatic heterocycles. The highest BCUT2D eigenvalue weighted by atomic mass is 16.5. The normalized spacial score (nSPS) is 25.3. The summed E-state index contributed by atoms with van der Waals surface area (Å²) in [5, 5.41) is 49.4. The molecule has 1 heterocycles. The van der Waals surface area contributed by atoms with Crippen LogP contribution in [-0.4, -0.2) is 80.2 Å². The highest BCUT2D eigenvalue weighted by Crippen LogP contribution is 2.26. The lowest BCUT2D eigenvalue weighted by Gasteiger charge is -2.26. The maximum absolute atomic E-state index is 12.9. The number of ether oxygens (including phenoxy) is 2. The van der Waals surface area contributed by atoms with E-state index in [0.717, 1.165) is 35.1 Å². The number of esters is 2. The van der Waals surface area contributed by atoms with Gasteiger partial charge in [-0.1, -0.05) is 97.7 Å². The maximum atomic E-state index is 12.9. The van der Waals surface area contributed by atoms with Gasteiger partial charge in [0.2, 0.25) is 0 Å². The maximum Gasteiger partial charge on any atom is 0.331 e. The molecule has 0 aliphatic carbocycles. The fourth-order valence-corrected chi connectivity index (χ4v) is 6.18. The highest BCUT2D eigenvalue weighted by Gasteiger charge is 2.25. The molecule has 0 bridgehead atoms. The second-order valence-electron chi connectivity index (χ2n) is 15.1. The van der Waals surface area contributed by atoms with Gasteiger partial charge >= 0.3 is 11.9 Å². The van der Waals surface area contributed by atoms with Crippen LogP contribution in [0.25, 0.3) is 0 Å². The third kappa shape index (κ3) is 20.8. The van der Waals surface area contributed by atoms with Crippen molar-refractivity contribution in [2.45, 2.75) is 156 Å². The molecule has 0 fully saturated rings. The monoisotopic (exact) mass is 728 g/mol. The predicted molar refractivity (Wildman–Crippen MR) is 208 cm³/mol. The molecule has 10 atom stereocenters. The first-order valence-corrected chi connectivity index (χ1v) is 18.9. The quantitative estimate of drug-likeness (QED) is 0.0455. The van der Waals surface area contributed by atoms with Crippen LogP contribution in [0.3, 0.4) is 0 Å². The highest BCUT2D eigenvalue weighted by molar-refractivity contribution is 5.82. The first kappa shape index (κ1) is 46.9. The molecule has 0 spiro atoms. The molecule has 0 saturated heterocycles. The average molecular weight is 729 g/mol. The van der Waals surface area contributed by atoms with Crippen molar-refractivity contribution in [3.8, 4) is 0 Å².